The molecule has 4 aromatic rings. The highest BCUT2D eigenvalue weighted by Gasteiger charge is 2.30. The Balaban J connectivity index is 1.66. The predicted molar refractivity (Wildman–Crippen MR) is 99.0 cm³/mol. The van der Waals surface area contributed by atoms with Gasteiger partial charge in [0.25, 0.3) is 0 Å². The Morgan fingerprint density at radius 2 is 1.68 bits per heavy atom. The van der Waals surface area contributed by atoms with Crippen LogP contribution in [0.4, 0.5) is 13.2 Å². The van der Waals surface area contributed by atoms with Crippen molar-refractivity contribution in [2.45, 2.75) is 13.1 Å². The number of alkyl halides is 3. The van der Waals surface area contributed by atoms with Crippen molar-refractivity contribution in [3.8, 4) is 22.9 Å². The average molecular weight is 381 g/mol. The Labute approximate surface area is 158 Å². The molecular formula is C21H14F3N3O. The number of aryl methyl sites for hydroxylation is 1. The van der Waals surface area contributed by atoms with Crippen molar-refractivity contribution in [1.29, 1.82) is 0 Å². The van der Waals surface area contributed by atoms with Crippen molar-refractivity contribution in [2.24, 2.45) is 0 Å². The molecule has 0 unspecified atom stereocenters. The lowest BCUT2D eigenvalue weighted by atomic mass is 10.1. The first-order valence-corrected chi connectivity index (χ1v) is 8.44. The van der Waals surface area contributed by atoms with E-state index in [1.807, 2.05) is 25.1 Å². The van der Waals surface area contributed by atoms with E-state index in [-0.39, 0.29) is 5.88 Å². The molecule has 0 N–H and O–H groups in total. The molecule has 0 radical (unpaired) electrons. The normalized spacial score (nSPS) is 11.6. The molecule has 0 aliphatic heterocycles. The van der Waals surface area contributed by atoms with E-state index in [1.54, 1.807) is 18.3 Å². The van der Waals surface area contributed by atoms with Crippen molar-refractivity contribution in [1.82, 2.24) is 15.0 Å². The Kier molecular flexibility index (Phi) is 4.43. The van der Waals surface area contributed by atoms with E-state index in [2.05, 4.69) is 15.0 Å². The number of nitrogens with zero attached hydrogens (tertiary/aromatic N) is 3. The van der Waals surface area contributed by atoms with E-state index in [0.717, 1.165) is 23.1 Å². The van der Waals surface area contributed by atoms with Gasteiger partial charge in [-0.3, -0.25) is 4.98 Å². The molecular weight excluding hydrogens is 367 g/mol. The molecule has 2 aromatic heterocycles. The number of hydrogen-bond donors (Lipinski definition) is 0. The molecule has 2 aromatic carbocycles. The molecule has 0 aliphatic rings. The maximum absolute atomic E-state index is 12.7. The third-order valence-corrected chi connectivity index (χ3v) is 4.32. The summed E-state index contributed by atoms with van der Waals surface area (Å²) in [6.45, 7) is 1.99. The fourth-order valence-electron chi connectivity index (χ4n) is 2.87. The van der Waals surface area contributed by atoms with Crippen LogP contribution in [0, 0.1) is 6.92 Å². The topological polar surface area (TPSA) is 47.9 Å². The Morgan fingerprint density at radius 1 is 0.893 bits per heavy atom. The van der Waals surface area contributed by atoms with Crippen LogP contribution >= 0.6 is 0 Å². The number of benzene rings is 2. The third kappa shape index (κ3) is 3.51. The summed E-state index contributed by atoms with van der Waals surface area (Å²) in [6.07, 6.45) is -1.36. The smallest absolute Gasteiger partial charge is 0.416 e. The molecule has 28 heavy (non-hydrogen) atoms. The minimum atomic E-state index is -4.38. The van der Waals surface area contributed by atoms with Gasteiger partial charge in [0.15, 0.2) is 5.75 Å². The summed E-state index contributed by atoms with van der Waals surface area (Å²) in [6, 6.07) is 13.9. The number of ether oxygens (including phenoxy) is 1. The SMILES string of the molecule is Cc1ccnc2c(Oc3cc(-c4ccc(C(F)(F)F)cc4)ncn3)cccc12. The van der Waals surface area contributed by atoms with Crippen LogP contribution in [0.15, 0.2) is 67.1 Å². The third-order valence-electron chi connectivity index (χ3n) is 4.32. The number of halogens is 3. The maximum Gasteiger partial charge on any atom is 0.416 e. The van der Waals surface area contributed by atoms with E-state index in [1.165, 1.54) is 18.5 Å². The maximum atomic E-state index is 12.7. The van der Waals surface area contributed by atoms with Gasteiger partial charge in [0.05, 0.1) is 11.3 Å². The number of para-hydroxylation sites is 1. The second-order valence-corrected chi connectivity index (χ2v) is 6.20. The number of aromatic nitrogens is 3. The Bertz CT molecular complexity index is 1140. The summed E-state index contributed by atoms with van der Waals surface area (Å²) in [5.74, 6) is 0.818. The molecule has 0 saturated heterocycles. The largest absolute Gasteiger partial charge is 0.437 e. The van der Waals surface area contributed by atoms with Crippen LogP contribution in [-0.4, -0.2) is 15.0 Å². The van der Waals surface area contributed by atoms with Crippen molar-refractivity contribution >= 4 is 10.9 Å². The van der Waals surface area contributed by atoms with Crippen LogP contribution in [0.3, 0.4) is 0 Å². The molecule has 2 heterocycles. The van der Waals surface area contributed by atoms with E-state index in [4.69, 9.17) is 4.74 Å². The van der Waals surface area contributed by atoms with Gasteiger partial charge in [0, 0.05) is 23.2 Å². The highest BCUT2D eigenvalue weighted by molar-refractivity contribution is 5.87. The lowest BCUT2D eigenvalue weighted by Gasteiger charge is -2.10. The second kappa shape index (κ2) is 6.92. The minimum Gasteiger partial charge on any atom is -0.437 e. The minimum absolute atomic E-state index is 0.278. The molecule has 0 aliphatic carbocycles. The summed E-state index contributed by atoms with van der Waals surface area (Å²) in [5.41, 5.74) is 2.06. The van der Waals surface area contributed by atoms with Gasteiger partial charge in [0.1, 0.15) is 11.8 Å². The van der Waals surface area contributed by atoms with Crippen LogP contribution in [0.25, 0.3) is 22.2 Å². The van der Waals surface area contributed by atoms with Gasteiger partial charge in [-0.05, 0) is 36.8 Å². The van der Waals surface area contributed by atoms with Gasteiger partial charge in [-0.1, -0.05) is 24.3 Å². The molecule has 0 spiro atoms. The molecule has 0 amide bonds. The summed E-state index contributed by atoms with van der Waals surface area (Å²) in [4.78, 5) is 12.6. The monoisotopic (exact) mass is 381 g/mol. The molecule has 0 bridgehead atoms. The zero-order chi connectivity index (χ0) is 19.7. The Hall–Kier alpha value is -3.48. The quantitative estimate of drug-likeness (QED) is 0.449. The van der Waals surface area contributed by atoms with Gasteiger partial charge in [0.2, 0.25) is 5.88 Å². The number of rotatable bonds is 3. The van der Waals surface area contributed by atoms with Crippen LogP contribution < -0.4 is 4.74 Å². The zero-order valence-corrected chi connectivity index (χ0v) is 14.7. The molecule has 0 fully saturated rings. The van der Waals surface area contributed by atoms with Crippen LogP contribution in [0.2, 0.25) is 0 Å². The van der Waals surface area contributed by atoms with E-state index in [0.29, 0.717) is 22.5 Å². The first-order chi connectivity index (χ1) is 13.4. The molecule has 0 atom stereocenters. The van der Waals surface area contributed by atoms with E-state index >= 15 is 0 Å². The second-order valence-electron chi connectivity index (χ2n) is 6.20. The van der Waals surface area contributed by atoms with E-state index < -0.39 is 11.7 Å². The van der Waals surface area contributed by atoms with Crippen molar-refractivity contribution in [2.75, 3.05) is 0 Å². The number of pyridine rings is 1. The standard InChI is InChI=1S/C21H14F3N3O/c1-13-9-10-25-20-16(13)3-2-4-18(20)28-19-11-17(26-12-27-19)14-5-7-15(8-6-14)21(22,23)24/h2-12H,1H3. The molecule has 4 nitrogen and oxygen atoms in total. The first-order valence-electron chi connectivity index (χ1n) is 8.44. The number of fused-ring (bicyclic) bond motifs is 1. The highest BCUT2D eigenvalue weighted by Crippen LogP contribution is 2.32. The summed E-state index contributed by atoms with van der Waals surface area (Å²) in [7, 11) is 0. The fraction of sp³-hybridized carbons (Fsp3) is 0.0952. The molecule has 0 saturated carbocycles. The van der Waals surface area contributed by atoms with Gasteiger partial charge in [-0.2, -0.15) is 13.2 Å². The van der Waals surface area contributed by atoms with Crippen molar-refractivity contribution in [3.05, 3.63) is 78.2 Å². The van der Waals surface area contributed by atoms with Crippen LogP contribution in [-0.2, 0) is 6.18 Å². The predicted octanol–water partition coefficient (Wildman–Crippen LogP) is 5.81. The van der Waals surface area contributed by atoms with Gasteiger partial charge < -0.3 is 4.74 Å². The summed E-state index contributed by atoms with van der Waals surface area (Å²) >= 11 is 0. The van der Waals surface area contributed by atoms with Gasteiger partial charge in [-0.15, -0.1) is 0 Å². The fourth-order valence-corrected chi connectivity index (χ4v) is 2.87. The van der Waals surface area contributed by atoms with Crippen LogP contribution in [0.1, 0.15) is 11.1 Å². The van der Waals surface area contributed by atoms with Crippen molar-refractivity contribution < 1.29 is 17.9 Å². The number of hydrogen-bond acceptors (Lipinski definition) is 4. The van der Waals surface area contributed by atoms with Crippen molar-refractivity contribution in [3.63, 3.8) is 0 Å². The highest BCUT2D eigenvalue weighted by atomic mass is 19.4. The lowest BCUT2D eigenvalue weighted by molar-refractivity contribution is -0.137. The van der Waals surface area contributed by atoms with Gasteiger partial charge >= 0.3 is 6.18 Å². The summed E-state index contributed by atoms with van der Waals surface area (Å²) in [5, 5.41) is 0.969. The van der Waals surface area contributed by atoms with Gasteiger partial charge in [-0.25, -0.2) is 9.97 Å². The van der Waals surface area contributed by atoms with Crippen LogP contribution in [0.5, 0.6) is 11.6 Å². The lowest BCUT2D eigenvalue weighted by Crippen LogP contribution is -2.04. The summed E-state index contributed by atoms with van der Waals surface area (Å²) < 4.78 is 44.1. The average Bonchev–Trinajstić information content (AvgIpc) is 2.69. The molecule has 140 valence electrons. The Morgan fingerprint density at radius 3 is 2.43 bits per heavy atom. The molecule has 7 heteroatoms. The molecule has 4 rings (SSSR count). The first kappa shape index (κ1) is 17.9. The zero-order valence-electron chi connectivity index (χ0n) is 14.7. The van der Waals surface area contributed by atoms with E-state index in [9.17, 15) is 13.2 Å².